The highest BCUT2D eigenvalue weighted by Crippen LogP contribution is 2.28. The molecule has 0 radical (unpaired) electrons. The Morgan fingerprint density at radius 2 is 2.17 bits per heavy atom. The van der Waals surface area contributed by atoms with Gasteiger partial charge < -0.3 is 10.4 Å². The summed E-state index contributed by atoms with van der Waals surface area (Å²) in [6, 6.07) is 3.35. The summed E-state index contributed by atoms with van der Waals surface area (Å²) in [4.78, 5) is 14.7. The third-order valence-electron chi connectivity index (χ3n) is 4.98. The van der Waals surface area contributed by atoms with Crippen LogP contribution in [0.3, 0.4) is 0 Å². The number of nitrogens with zero attached hydrogens (tertiary/aromatic N) is 1. The highest BCUT2D eigenvalue weighted by molar-refractivity contribution is 6.31. The summed E-state index contributed by atoms with van der Waals surface area (Å²) in [7, 11) is 0. The number of benzene rings is 1. The van der Waals surface area contributed by atoms with E-state index < -0.39 is 11.7 Å². The normalized spacial score (nSPS) is 28.3. The zero-order valence-electron chi connectivity index (χ0n) is 13.2. The molecular weight excluding hydrogens is 319 g/mol. The van der Waals surface area contributed by atoms with Crippen LogP contribution in [-0.4, -0.2) is 47.2 Å². The molecule has 1 heterocycles. The van der Waals surface area contributed by atoms with E-state index in [1.807, 2.05) is 0 Å². The van der Waals surface area contributed by atoms with Crippen LogP contribution in [0.1, 0.15) is 41.6 Å². The van der Waals surface area contributed by atoms with Gasteiger partial charge in [-0.2, -0.15) is 0 Å². The number of aryl methyl sites for hydroxylation is 1. The molecular formula is C17H22ClFN2O2. The number of carbonyl (C=O) groups is 1. The number of rotatable bonds is 3. The summed E-state index contributed by atoms with van der Waals surface area (Å²) in [5.74, 6) is -1.07. The van der Waals surface area contributed by atoms with Gasteiger partial charge in [0.15, 0.2) is 5.82 Å². The lowest BCUT2D eigenvalue weighted by Crippen LogP contribution is -2.48. The second-order valence-corrected chi connectivity index (χ2v) is 6.95. The van der Waals surface area contributed by atoms with Gasteiger partial charge in [0.2, 0.25) is 0 Å². The highest BCUT2D eigenvalue weighted by atomic mass is 35.5. The topological polar surface area (TPSA) is 52.6 Å². The molecule has 1 aliphatic heterocycles. The number of hydrogen-bond donors (Lipinski definition) is 2. The maximum atomic E-state index is 14.2. The zero-order valence-corrected chi connectivity index (χ0v) is 13.9. The summed E-state index contributed by atoms with van der Waals surface area (Å²) in [6.45, 7) is 3.21. The van der Waals surface area contributed by atoms with Crippen molar-refractivity contribution in [3.05, 3.63) is 34.1 Å². The van der Waals surface area contributed by atoms with Crippen LogP contribution in [0.5, 0.6) is 0 Å². The number of nitrogens with one attached hydrogen (secondary N) is 1. The van der Waals surface area contributed by atoms with Gasteiger partial charge in [-0.25, -0.2) is 4.39 Å². The molecule has 1 unspecified atom stereocenters. The SMILES string of the molecule is Cc1ccc(C(=O)N[C@@H]2CCC[C@@H]2N2CCC(O)C2)c(F)c1Cl. The smallest absolute Gasteiger partial charge is 0.254 e. The first-order chi connectivity index (χ1) is 11.0. The van der Waals surface area contributed by atoms with Gasteiger partial charge in [-0.15, -0.1) is 0 Å². The Balaban J connectivity index is 1.71. The molecule has 126 valence electrons. The Bertz CT molecular complexity index is 611. The number of likely N-dealkylation sites (tertiary alicyclic amines) is 1. The molecule has 2 N–H and O–H groups in total. The number of halogens is 2. The van der Waals surface area contributed by atoms with Gasteiger partial charge in [0.25, 0.3) is 5.91 Å². The largest absolute Gasteiger partial charge is 0.392 e. The van der Waals surface area contributed by atoms with Crippen molar-refractivity contribution >= 4 is 17.5 Å². The van der Waals surface area contributed by atoms with E-state index in [2.05, 4.69) is 10.2 Å². The summed E-state index contributed by atoms with van der Waals surface area (Å²) in [6.07, 6.45) is 3.40. The third kappa shape index (κ3) is 3.37. The second-order valence-electron chi connectivity index (χ2n) is 6.57. The van der Waals surface area contributed by atoms with E-state index in [0.717, 1.165) is 32.2 Å². The van der Waals surface area contributed by atoms with Crippen molar-refractivity contribution in [2.45, 2.75) is 50.8 Å². The van der Waals surface area contributed by atoms with Crippen molar-refractivity contribution in [1.82, 2.24) is 10.2 Å². The van der Waals surface area contributed by atoms with Crippen molar-refractivity contribution in [3.63, 3.8) is 0 Å². The van der Waals surface area contributed by atoms with Crippen molar-refractivity contribution in [2.24, 2.45) is 0 Å². The van der Waals surface area contributed by atoms with Gasteiger partial charge in [-0.3, -0.25) is 9.69 Å². The Morgan fingerprint density at radius 3 is 2.87 bits per heavy atom. The van der Waals surface area contributed by atoms with Crippen molar-refractivity contribution in [2.75, 3.05) is 13.1 Å². The summed E-state index contributed by atoms with van der Waals surface area (Å²) >= 11 is 5.90. The standard InChI is InChI=1S/C17H22ClFN2O2/c1-10-5-6-12(16(19)15(10)18)17(23)20-13-3-2-4-14(13)21-8-7-11(22)9-21/h5-6,11,13-14,22H,2-4,7-9H2,1H3,(H,20,23)/t11?,13-,14+/m1/s1. The van der Waals surface area contributed by atoms with Crippen LogP contribution in [0.4, 0.5) is 4.39 Å². The number of hydrogen-bond acceptors (Lipinski definition) is 3. The molecule has 4 nitrogen and oxygen atoms in total. The Kier molecular flexibility index (Phi) is 4.90. The molecule has 6 heteroatoms. The molecule has 3 rings (SSSR count). The van der Waals surface area contributed by atoms with Crippen LogP contribution in [-0.2, 0) is 0 Å². The van der Waals surface area contributed by atoms with Gasteiger partial charge in [-0.1, -0.05) is 17.7 Å². The first-order valence-corrected chi connectivity index (χ1v) is 8.52. The van der Waals surface area contributed by atoms with Gasteiger partial charge >= 0.3 is 0 Å². The number of aliphatic hydroxyl groups is 1. The van der Waals surface area contributed by atoms with Gasteiger partial charge in [-0.05, 0) is 44.2 Å². The Morgan fingerprint density at radius 1 is 1.39 bits per heavy atom. The fraction of sp³-hybridized carbons (Fsp3) is 0.588. The molecule has 1 saturated heterocycles. The fourth-order valence-corrected chi connectivity index (χ4v) is 3.85. The molecule has 1 saturated carbocycles. The van der Waals surface area contributed by atoms with Crippen LogP contribution in [0.2, 0.25) is 5.02 Å². The Hall–Kier alpha value is -1.17. The third-order valence-corrected chi connectivity index (χ3v) is 5.44. The Labute approximate surface area is 140 Å². The number of aliphatic hydroxyl groups excluding tert-OH is 1. The van der Waals surface area contributed by atoms with Crippen LogP contribution in [0.25, 0.3) is 0 Å². The summed E-state index contributed by atoms with van der Waals surface area (Å²) in [5, 5.41) is 12.7. The first kappa shape index (κ1) is 16.7. The van der Waals surface area contributed by atoms with E-state index in [-0.39, 0.29) is 28.8 Å². The average molecular weight is 341 g/mol. The molecule has 0 bridgehead atoms. The van der Waals surface area contributed by atoms with Gasteiger partial charge in [0.05, 0.1) is 16.7 Å². The van der Waals surface area contributed by atoms with Crippen LogP contribution in [0.15, 0.2) is 12.1 Å². The highest BCUT2D eigenvalue weighted by Gasteiger charge is 2.36. The van der Waals surface area contributed by atoms with E-state index in [9.17, 15) is 14.3 Å². The molecule has 3 atom stereocenters. The summed E-state index contributed by atoms with van der Waals surface area (Å²) < 4.78 is 14.2. The van der Waals surface area contributed by atoms with Crippen molar-refractivity contribution < 1.29 is 14.3 Å². The average Bonchev–Trinajstić information content (AvgIpc) is 3.13. The summed E-state index contributed by atoms with van der Waals surface area (Å²) in [5.41, 5.74) is 0.609. The maximum Gasteiger partial charge on any atom is 0.254 e. The molecule has 1 aromatic rings. The van der Waals surface area contributed by atoms with E-state index in [1.165, 1.54) is 6.07 Å². The monoisotopic (exact) mass is 340 g/mol. The maximum absolute atomic E-state index is 14.2. The number of β-amino-alcohol motifs (C(OH)–C–C–N with tert-alkyl or cyclic N) is 1. The lowest BCUT2D eigenvalue weighted by molar-refractivity contribution is 0.0902. The van der Waals surface area contributed by atoms with E-state index in [1.54, 1.807) is 13.0 Å². The lowest BCUT2D eigenvalue weighted by Gasteiger charge is -2.29. The van der Waals surface area contributed by atoms with Crippen LogP contribution >= 0.6 is 11.6 Å². The molecule has 2 fully saturated rings. The fourth-order valence-electron chi connectivity index (χ4n) is 3.68. The van der Waals surface area contributed by atoms with E-state index >= 15 is 0 Å². The molecule has 1 aromatic carbocycles. The van der Waals surface area contributed by atoms with Crippen molar-refractivity contribution in [1.29, 1.82) is 0 Å². The lowest BCUT2D eigenvalue weighted by atomic mass is 10.1. The van der Waals surface area contributed by atoms with Crippen LogP contribution < -0.4 is 5.32 Å². The van der Waals surface area contributed by atoms with Crippen molar-refractivity contribution in [3.8, 4) is 0 Å². The van der Waals surface area contributed by atoms with E-state index in [0.29, 0.717) is 12.1 Å². The number of carbonyl (C=O) groups excluding carboxylic acids is 1. The molecule has 0 spiro atoms. The first-order valence-electron chi connectivity index (χ1n) is 8.15. The minimum atomic E-state index is -0.657. The minimum absolute atomic E-state index is 0.00304. The zero-order chi connectivity index (χ0) is 16.6. The minimum Gasteiger partial charge on any atom is -0.392 e. The molecule has 2 aliphatic rings. The van der Waals surface area contributed by atoms with E-state index in [4.69, 9.17) is 11.6 Å². The molecule has 23 heavy (non-hydrogen) atoms. The molecule has 0 aromatic heterocycles. The number of amides is 1. The van der Waals surface area contributed by atoms with Gasteiger partial charge in [0.1, 0.15) is 0 Å². The predicted octanol–water partition coefficient (Wildman–Crippen LogP) is 2.51. The molecule has 1 amide bonds. The molecule has 1 aliphatic carbocycles. The van der Waals surface area contributed by atoms with Gasteiger partial charge in [0, 0.05) is 25.2 Å². The van der Waals surface area contributed by atoms with Crippen LogP contribution in [0, 0.1) is 12.7 Å². The second kappa shape index (κ2) is 6.75. The quantitative estimate of drug-likeness (QED) is 0.889. The predicted molar refractivity (Wildman–Crippen MR) is 87.2 cm³/mol.